The smallest absolute Gasteiger partial charge is 0.330 e. The lowest BCUT2D eigenvalue weighted by molar-refractivity contribution is -0.134. The third-order valence-corrected chi connectivity index (χ3v) is 2.40. The van der Waals surface area contributed by atoms with Crippen LogP contribution in [0.25, 0.3) is 17.0 Å². The first-order valence-corrected chi connectivity index (χ1v) is 5.08. The lowest BCUT2D eigenvalue weighted by Crippen LogP contribution is -2.00. The van der Waals surface area contributed by atoms with E-state index in [9.17, 15) is 9.59 Å². The fourth-order valence-corrected chi connectivity index (χ4v) is 1.52. The number of nitrogens with one attached hydrogen (secondary N) is 1. The van der Waals surface area contributed by atoms with E-state index in [1.54, 1.807) is 24.4 Å². The number of aromatic nitrogens is 1. The van der Waals surface area contributed by atoms with Crippen LogP contribution in [0.15, 0.2) is 41.3 Å². The Labute approximate surface area is 97.5 Å². The number of pyridine rings is 1. The topological polar surface area (TPSA) is 59.2 Å². The minimum Gasteiger partial charge on any atom is -0.466 e. The van der Waals surface area contributed by atoms with Crippen LogP contribution in [0.2, 0.25) is 0 Å². The van der Waals surface area contributed by atoms with E-state index in [1.165, 1.54) is 19.3 Å². The largest absolute Gasteiger partial charge is 0.466 e. The summed E-state index contributed by atoms with van der Waals surface area (Å²) in [5, 5.41) is 0.597. The zero-order valence-corrected chi connectivity index (χ0v) is 9.27. The minimum absolute atomic E-state index is 0.0490. The molecule has 4 nitrogen and oxygen atoms in total. The Morgan fingerprint density at radius 2 is 2.18 bits per heavy atom. The van der Waals surface area contributed by atoms with Gasteiger partial charge in [0.15, 0.2) is 5.43 Å². The summed E-state index contributed by atoms with van der Waals surface area (Å²) in [4.78, 5) is 25.5. The Bertz CT molecular complexity index is 640. The third-order valence-electron chi connectivity index (χ3n) is 2.40. The molecule has 0 saturated carbocycles. The standard InChI is InChI=1S/C13H11NO3/c1-17-13(16)5-3-9-2-4-11-10(8-9)12(15)6-7-14-11/h2-8H,1H3,(H,14,15). The molecule has 0 aliphatic rings. The second-order valence-electron chi connectivity index (χ2n) is 3.50. The van der Waals surface area contributed by atoms with Gasteiger partial charge in [-0.15, -0.1) is 0 Å². The van der Waals surface area contributed by atoms with Crippen LogP contribution in [0.5, 0.6) is 0 Å². The average molecular weight is 229 g/mol. The van der Waals surface area contributed by atoms with E-state index in [1.807, 2.05) is 6.07 Å². The molecule has 1 aromatic carbocycles. The van der Waals surface area contributed by atoms with Gasteiger partial charge in [-0.1, -0.05) is 6.07 Å². The monoisotopic (exact) mass is 229 g/mol. The Morgan fingerprint density at radius 1 is 1.35 bits per heavy atom. The minimum atomic E-state index is -0.424. The average Bonchev–Trinajstić information content (AvgIpc) is 2.36. The molecule has 0 amide bonds. The molecule has 4 heteroatoms. The van der Waals surface area contributed by atoms with E-state index in [4.69, 9.17) is 0 Å². The summed E-state index contributed by atoms with van der Waals surface area (Å²) >= 11 is 0. The molecule has 17 heavy (non-hydrogen) atoms. The maximum absolute atomic E-state index is 11.6. The van der Waals surface area contributed by atoms with Crippen LogP contribution in [0.4, 0.5) is 0 Å². The molecule has 1 aromatic heterocycles. The van der Waals surface area contributed by atoms with E-state index in [-0.39, 0.29) is 5.43 Å². The van der Waals surface area contributed by atoms with Gasteiger partial charge in [0.1, 0.15) is 0 Å². The SMILES string of the molecule is COC(=O)C=Cc1ccc2[nH]ccc(=O)c2c1. The van der Waals surface area contributed by atoms with Gasteiger partial charge >= 0.3 is 5.97 Å². The Morgan fingerprint density at radius 3 is 2.94 bits per heavy atom. The van der Waals surface area contributed by atoms with Crippen LogP contribution in [-0.4, -0.2) is 18.1 Å². The molecule has 2 aromatic rings. The highest BCUT2D eigenvalue weighted by molar-refractivity contribution is 5.88. The van der Waals surface area contributed by atoms with Gasteiger partial charge in [-0.3, -0.25) is 4.79 Å². The summed E-state index contributed by atoms with van der Waals surface area (Å²) in [6, 6.07) is 6.81. The number of aromatic amines is 1. The molecule has 0 aliphatic carbocycles. The maximum atomic E-state index is 11.6. The van der Waals surface area contributed by atoms with E-state index in [2.05, 4.69) is 9.72 Å². The van der Waals surface area contributed by atoms with E-state index < -0.39 is 5.97 Å². The summed E-state index contributed by atoms with van der Waals surface area (Å²) in [5.41, 5.74) is 1.50. The predicted octanol–water partition coefficient (Wildman–Crippen LogP) is 1.71. The van der Waals surface area contributed by atoms with Crippen molar-refractivity contribution < 1.29 is 9.53 Å². The molecule has 0 radical (unpaired) electrons. The lowest BCUT2D eigenvalue weighted by Gasteiger charge is -1.98. The van der Waals surface area contributed by atoms with Crippen LogP contribution >= 0.6 is 0 Å². The number of rotatable bonds is 2. The van der Waals surface area contributed by atoms with Gasteiger partial charge in [-0.2, -0.15) is 0 Å². The number of H-pyrrole nitrogens is 1. The van der Waals surface area contributed by atoms with Crippen LogP contribution in [0.3, 0.4) is 0 Å². The van der Waals surface area contributed by atoms with E-state index in [0.717, 1.165) is 11.1 Å². The first-order chi connectivity index (χ1) is 8.20. The zero-order valence-electron chi connectivity index (χ0n) is 9.27. The van der Waals surface area contributed by atoms with E-state index in [0.29, 0.717) is 5.39 Å². The molecule has 0 spiro atoms. The number of fused-ring (bicyclic) bond motifs is 1. The Kier molecular flexibility index (Phi) is 3.05. The van der Waals surface area contributed by atoms with Gasteiger partial charge in [0.25, 0.3) is 0 Å². The molecule has 0 saturated heterocycles. The van der Waals surface area contributed by atoms with Crippen LogP contribution in [-0.2, 0) is 9.53 Å². The van der Waals surface area contributed by atoms with Gasteiger partial charge in [-0.05, 0) is 23.8 Å². The molecule has 0 bridgehead atoms. The van der Waals surface area contributed by atoms with Crippen LogP contribution < -0.4 is 5.43 Å². The summed E-state index contributed by atoms with van der Waals surface area (Å²) in [6.07, 6.45) is 4.53. The van der Waals surface area contributed by atoms with Gasteiger partial charge in [0, 0.05) is 29.2 Å². The third kappa shape index (κ3) is 2.42. The molecule has 1 N–H and O–H groups in total. The molecule has 0 atom stereocenters. The number of carbonyl (C=O) groups excluding carboxylic acids is 1. The number of carbonyl (C=O) groups is 1. The first kappa shape index (κ1) is 11.1. The van der Waals surface area contributed by atoms with Gasteiger partial charge in [0.2, 0.25) is 0 Å². The maximum Gasteiger partial charge on any atom is 0.330 e. The van der Waals surface area contributed by atoms with Gasteiger partial charge in [-0.25, -0.2) is 4.79 Å². The van der Waals surface area contributed by atoms with Crippen molar-refractivity contribution in [2.75, 3.05) is 7.11 Å². The first-order valence-electron chi connectivity index (χ1n) is 5.08. The molecular weight excluding hydrogens is 218 g/mol. The van der Waals surface area contributed by atoms with Crippen molar-refractivity contribution in [3.63, 3.8) is 0 Å². The predicted molar refractivity (Wildman–Crippen MR) is 65.6 cm³/mol. The highest BCUT2D eigenvalue weighted by Gasteiger charge is 1.98. The van der Waals surface area contributed by atoms with Crippen molar-refractivity contribution in [2.24, 2.45) is 0 Å². The fourth-order valence-electron chi connectivity index (χ4n) is 1.52. The summed E-state index contributed by atoms with van der Waals surface area (Å²) in [6.45, 7) is 0. The quantitative estimate of drug-likeness (QED) is 0.630. The molecule has 2 rings (SSSR count). The number of benzene rings is 1. The Balaban J connectivity index is 2.44. The van der Waals surface area contributed by atoms with Crippen molar-refractivity contribution in [1.29, 1.82) is 0 Å². The van der Waals surface area contributed by atoms with Crippen molar-refractivity contribution in [3.05, 3.63) is 52.3 Å². The van der Waals surface area contributed by atoms with Gasteiger partial charge < -0.3 is 9.72 Å². The molecular formula is C13H11NO3. The second kappa shape index (κ2) is 4.65. The van der Waals surface area contributed by atoms with E-state index >= 15 is 0 Å². The van der Waals surface area contributed by atoms with Crippen molar-refractivity contribution in [1.82, 2.24) is 4.98 Å². The second-order valence-corrected chi connectivity index (χ2v) is 3.50. The van der Waals surface area contributed by atoms with Crippen LogP contribution in [0, 0.1) is 0 Å². The number of ether oxygens (including phenoxy) is 1. The summed E-state index contributed by atoms with van der Waals surface area (Å²) < 4.78 is 4.49. The summed E-state index contributed by atoms with van der Waals surface area (Å²) in [7, 11) is 1.32. The molecule has 1 heterocycles. The fraction of sp³-hybridized carbons (Fsp3) is 0.0769. The molecule has 0 aliphatic heterocycles. The van der Waals surface area contributed by atoms with Crippen LogP contribution in [0.1, 0.15) is 5.56 Å². The molecule has 0 unspecified atom stereocenters. The van der Waals surface area contributed by atoms with Crippen molar-refractivity contribution >= 4 is 22.9 Å². The van der Waals surface area contributed by atoms with Gasteiger partial charge in [0.05, 0.1) is 7.11 Å². The van der Waals surface area contributed by atoms with Crippen molar-refractivity contribution in [3.8, 4) is 0 Å². The zero-order chi connectivity index (χ0) is 12.3. The highest BCUT2D eigenvalue weighted by Crippen LogP contribution is 2.11. The normalized spacial score (nSPS) is 10.9. The van der Waals surface area contributed by atoms with Crippen molar-refractivity contribution in [2.45, 2.75) is 0 Å². The Hall–Kier alpha value is -2.36. The molecule has 0 fully saturated rings. The highest BCUT2D eigenvalue weighted by atomic mass is 16.5. The number of hydrogen-bond donors (Lipinski definition) is 1. The number of esters is 1. The molecule has 86 valence electrons. The lowest BCUT2D eigenvalue weighted by atomic mass is 10.1. The number of methoxy groups -OCH3 is 1. The number of hydrogen-bond acceptors (Lipinski definition) is 3. The summed E-state index contributed by atoms with van der Waals surface area (Å²) in [5.74, 6) is -0.424.